The number of para-hydroxylation sites is 2. The molecular weight excluding hydrogens is 244 g/mol. The van der Waals surface area contributed by atoms with Crippen molar-refractivity contribution < 1.29 is 4.74 Å². The van der Waals surface area contributed by atoms with Crippen molar-refractivity contribution in [1.82, 2.24) is 4.90 Å². The Bertz CT molecular complexity index is 407. The van der Waals surface area contributed by atoms with Crippen molar-refractivity contribution in [3.63, 3.8) is 0 Å². The number of hydrogen-bond acceptors (Lipinski definition) is 4. The van der Waals surface area contributed by atoms with Crippen LogP contribution in [0.15, 0.2) is 24.3 Å². The molecule has 2 heterocycles. The first-order valence-corrected chi connectivity index (χ1v) is 7.76. The first-order chi connectivity index (χ1) is 8.83. The zero-order chi connectivity index (χ0) is 12.4. The van der Waals surface area contributed by atoms with E-state index >= 15 is 0 Å². The highest BCUT2D eigenvalue weighted by molar-refractivity contribution is 7.99. The monoisotopic (exact) mass is 264 g/mol. The van der Waals surface area contributed by atoms with E-state index in [1.165, 1.54) is 17.9 Å². The van der Waals surface area contributed by atoms with Gasteiger partial charge in [-0.25, -0.2) is 0 Å². The summed E-state index contributed by atoms with van der Waals surface area (Å²) in [6.07, 6.45) is 1.58. The molecule has 2 atom stereocenters. The molecule has 1 aromatic carbocycles. The maximum Gasteiger partial charge on any atom is 0.142 e. The Morgan fingerprint density at radius 2 is 2.33 bits per heavy atom. The normalized spacial score (nSPS) is 26.6. The molecule has 1 saturated heterocycles. The smallest absolute Gasteiger partial charge is 0.142 e. The van der Waals surface area contributed by atoms with Crippen LogP contribution in [0.1, 0.15) is 6.42 Å². The summed E-state index contributed by atoms with van der Waals surface area (Å²) >= 11 is 2.06. The summed E-state index contributed by atoms with van der Waals surface area (Å²) in [6.45, 7) is 1.91. The number of rotatable bonds is 3. The Morgan fingerprint density at radius 1 is 1.44 bits per heavy atom. The Balaban J connectivity index is 1.59. The molecule has 1 N–H and O–H groups in total. The van der Waals surface area contributed by atoms with Crippen molar-refractivity contribution in [2.45, 2.75) is 18.6 Å². The third kappa shape index (κ3) is 2.59. The molecular formula is C14H20N2OS. The van der Waals surface area contributed by atoms with Gasteiger partial charge in [-0.3, -0.25) is 4.90 Å². The lowest BCUT2D eigenvalue weighted by Crippen LogP contribution is -2.44. The summed E-state index contributed by atoms with van der Waals surface area (Å²) in [4.78, 5) is 2.46. The maximum absolute atomic E-state index is 6.05. The number of hydrogen-bond donors (Lipinski definition) is 1. The Hall–Kier alpha value is -0.870. The summed E-state index contributed by atoms with van der Waals surface area (Å²) in [5.41, 5.74) is 1.12. The summed E-state index contributed by atoms with van der Waals surface area (Å²) in [6, 6.07) is 8.91. The molecule has 1 aromatic rings. The number of thioether (sulfide) groups is 1. The second kappa shape index (κ2) is 5.41. The lowest BCUT2D eigenvalue weighted by atomic mass is 10.2. The van der Waals surface area contributed by atoms with Crippen molar-refractivity contribution in [3.8, 4) is 5.75 Å². The average Bonchev–Trinajstić information content (AvgIpc) is 2.92. The highest BCUT2D eigenvalue weighted by Crippen LogP contribution is 2.29. The second-order valence-corrected chi connectivity index (χ2v) is 6.22. The van der Waals surface area contributed by atoms with E-state index < -0.39 is 0 Å². The van der Waals surface area contributed by atoms with Gasteiger partial charge in [0.15, 0.2) is 0 Å². The maximum atomic E-state index is 6.05. The van der Waals surface area contributed by atoms with Crippen LogP contribution < -0.4 is 10.1 Å². The number of ether oxygens (including phenoxy) is 1. The molecule has 0 aromatic heterocycles. The van der Waals surface area contributed by atoms with Gasteiger partial charge in [-0.05, 0) is 31.4 Å². The third-order valence-corrected chi connectivity index (χ3v) is 4.87. The quantitative estimate of drug-likeness (QED) is 0.905. The van der Waals surface area contributed by atoms with Crippen LogP contribution in [0, 0.1) is 0 Å². The summed E-state index contributed by atoms with van der Waals surface area (Å²) in [7, 11) is 2.22. The number of fused-ring (bicyclic) bond motifs is 1. The van der Waals surface area contributed by atoms with Crippen LogP contribution in [0.2, 0.25) is 0 Å². The molecule has 0 saturated carbocycles. The average molecular weight is 264 g/mol. The number of nitrogens with zero attached hydrogens (tertiary/aromatic N) is 1. The minimum atomic E-state index is 0.260. The highest BCUT2D eigenvalue weighted by Gasteiger charge is 2.25. The predicted molar refractivity (Wildman–Crippen MR) is 77.7 cm³/mol. The predicted octanol–water partition coefficient (Wildman–Crippen LogP) is 2.30. The van der Waals surface area contributed by atoms with E-state index in [0.717, 1.165) is 30.6 Å². The molecule has 0 amide bonds. The van der Waals surface area contributed by atoms with Crippen LogP contribution in [0.3, 0.4) is 0 Å². The molecule has 18 heavy (non-hydrogen) atoms. The van der Waals surface area contributed by atoms with Crippen molar-refractivity contribution in [2.24, 2.45) is 0 Å². The highest BCUT2D eigenvalue weighted by atomic mass is 32.2. The molecule has 0 bridgehead atoms. The molecule has 0 radical (unpaired) electrons. The standard InChI is InChI=1S/C14H20N2OS/c1-16(11-6-7-18-10-11)9-12-8-15-13-4-2-3-5-14(13)17-12/h2-5,11-12,15H,6-10H2,1H3. The molecule has 3 rings (SSSR count). The van der Waals surface area contributed by atoms with Gasteiger partial charge in [-0.15, -0.1) is 0 Å². The van der Waals surface area contributed by atoms with E-state index in [2.05, 4.69) is 35.1 Å². The Kier molecular flexibility index (Phi) is 3.66. The first-order valence-electron chi connectivity index (χ1n) is 6.60. The van der Waals surface area contributed by atoms with Gasteiger partial charge in [0.05, 0.1) is 12.2 Å². The molecule has 2 aliphatic rings. The molecule has 98 valence electrons. The van der Waals surface area contributed by atoms with E-state index in [-0.39, 0.29) is 6.10 Å². The number of anilines is 1. The fraction of sp³-hybridized carbons (Fsp3) is 0.571. The molecule has 1 fully saturated rings. The van der Waals surface area contributed by atoms with Crippen LogP contribution >= 0.6 is 11.8 Å². The number of likely N-dealkylation sites (N-methyl/N-ethyl adjacent to an activating group) is 1. The van der Waals surface area contributed by atoms with Gasteiger partial charge in [-0.2, -0.15) is 11.8 Å². The van der Waals surface area contributed by atoms with Gasteiger partial charge < -0.3 is 10.1 Å². The van der Waals surface area contributed by atoms with Crippen LogP contribution in [0.4, 0.5) is 5.69 Å². The molecule has 2 unspecified atom stereocenters. The van der Waals surface area contributed by atoms with Crippen molar-refractivity contribution in [2.75, 3.05) is 37.0 Å². The minimum Gasteiger partial charge on any atom is -0.485 e. The zero-order valence-electron chi connectivity index (χ0n) is 10.8. The largest absolute Gasteiger partial charge is 0.485 e. The molecule has 0 aliphatic carbocycles. The Morgan fingerprint density at radius 3 is 3.17 bits per heavy atom. The summed E-state index contributed by atoms with van der Waals surface area (Å²) in [5, 5.41) is 3.45. The minimum absolute atomic E-state index is 0.260. The topological polar surface area (TPSA) is 24.5 Å². The van der Waals surface area contributed by atoms with Gasteiger partial charge >= 0.3 is 0 Å². The van der Waals surface area contributed by atoms with Crippen LogP contribution in [0.5, 0.6) is 5.75 Å². The molecule has 4 heteroatoms. The molecule has 0 spiro atoms. The van der Waals surface area contributed by atoms with E-state index in [4.69, 9.17) is 4.74 Å². The van der Waals surface area contributed by atoms with E-state index in [9.17, 15) is 0 Å². The summed E-state index contributed by atoms with van der Waals surface area (Å²) in [5.74, 6) is 3.57. The van der Waals surface area contributed by atoms with Crippen LogP contribution in [0.25, 0.3) is 0 Å². The SMILES string of the molecule is CN(CC1CNc2ccccc2O1)C1CCSC1. The van der Waals surface area contributed by atoms with Gasteiger partial charge in [-0.1, -0.05) is 12.1 Å². The molecule has 3 nitrogen and oxygen atoms in total. The summed E-state index contributed by atoms with van der Waals surface area (Å²) < 4.78 is 6.05. The van der Waals surface area contributed by atoms with Gasteiger partial charge in [0, 0.05) is 18.3 Å². The fourth-order valence-corrected chi connectivity index (χ4v) is 3.90. The lowest BCUT2D eigenvalue weighted by molar-refractivity contribution is 0.132. The number of benzene rings is 1. The van der Waals surface area contributed by atoms with E-state index in [1.807, 2.05) is 18.2 Å². The van der Waals surface area contributed by atoms with Crippen LogP contribution in [-0.4, -0.2) is 48.7 Å². The van der Waals surface area contributed by atoms with E-state index in [1.54, 1.807) is 0 Å². The van der Waals surface area contributed by atoms with Crippen molar-refractivity contribution in [1.29, 1.82) is 0 Å². The second-order valence-electron chi connectivity index (χ2n) is 5.07. The van der Waals surface area contributed by atoms with Crippen LogP contribution in [-0.2, 0) is 0 Å². The lowest BCUT2D eigenvalue weighted by Gasteiger charge is -2.32. The van der Waals surface area contributed by atoms with Gasteiger partial charge in [0.1, 0.15) is 11.9 Å². The van der Waals surface area contributed by atoms with Crippen molar-refractivity contribution in [3.05, 3.63) is 24.3 Å². The zero-order valence-corrected chi connectivity index (χ0v) is 11.6. The van der Waals surface area contributed by atoms with Gasteiger partial charge in [0.2, 0.25) is 0 Å². The third-order valence-electron chi connectivity index (χ3n) is 3.72. The first kappa shape index (κ1) is 12.2. The molecule has 2 aliphatic heterocycles. The van der Waals surface area contributed by atoms with E-state index in [0.29, 0.717) is 0 Å². The Labute approximate surface area is 113 Å². The fourth-order valence-electron chi connectivity index (χ4n) is 2.60. The number of nitrogens with one attached hydrogen (secondary N) is 1. The van der Waals surface area contributed by atoms with Gasteiger partial charge in [0.25, 0.3) is 0 Å². The van der Waals surface area contributed by atoms with Crippen molar-refractivity contribution >= 4 is 17.4 Å².